The number of anilines is 1. The lowest BCUT2D eigenvalue weighted by Crippen LogP contribution is -2.21. The SMILES string of the molecule is C#N.CC.CCOC(=O)c1cn([C@@H]2CCCOC2)nc1N. The Kier molecular flexibility index (Phi) is 9.63. The molecule has 1 aromatic rings. The van der Waals surface area contributed by atoms with Gasteiger partial charge >= 0.3 is 5.97 Å². The second-order valence-corrected chi connectivity index (χ2v) is 4.00. The van der Waals surface area contributed by atoms with Crippen molar-refractivity contribution in [3.63, 3.8) is 0 Å². The minimum atomic E-state index is -0.423. The zero-order chi connectivity index (χ0) is 16.3. The largest absolute Gasteiger partial charge is 0.462 e. The fraction of sp³-hybridized carbons (Fsp3) is 0.643. The summed E-state index contributed by atoms with van der Waals surface area (Å²) < 4.78 is 12.0. The van der Waals surface area contributed by atoms with Crippen LogP contribution in [-0.4, -0.2) is 35.6 Å². The Morgan fingerprint density at radius 1 is 1.62 bits per heavy atom. The molecule has 1 atom stereocenters. The van der Waals surface area contributed by atoms with Gasteiger partial charge < -0.3 is 15.2 Å². The van der Waals surface area contributed by atoms with Crippen molar-refractivity contribution in [3.05, 3.63) is 11.8 Å². The van der Waals surface area contributed by atoms with Crippen LogP contribution in [0.1, 0.15) is 50.0 Å². The van der Waals surface area contributed by atoms with Gasteiger partial charge in [0.25, 0.3) is 0 Å². The van der Waals surface area contributed by atoms with Crippen LogP contribution in [0, 0.1) is 11.8 Å². The molecule has 21 heavy (non-hydrogen) atoms. The van der Waals surface area contributed by atoms with Gasteiger partial charge in [-0.25, -0.2) is 10.1 Å². The molecular weight excluding hydrogens is 272 g/mol. The molecule has 0 aromatic carbocycles. The molecule has 1 aliphatic heterocycles. The van der Waals surface area contributed by atoms with Gasteiger partial charge in [-0.1, -0.05) is 13.8 Å². The minimum Gasteiger partial charge on any atom is -0.462 e. The first-order chi connectivity index (χ1) is 10.2. The second-order valence-electron chi connectivity index (χ2n) is 4.00. The third-order valence-corrected chi connectivity index (χ3v) is 2.77. The van der Waals surface area contributed by atoms with Gasteiger partial charge in [-0.3, -0.25) is 4.68 Å². The standard InChI is InChI=1S/C11H17N3O3.C2H6.CHN/c1-2-17-11(15)9-6-14(13-10(9)12)8-4-3-5-16-7-8;2*1-2/h6,8H,2-5,7H2,1H3,(H2,12,13);1-2H3;1H/t8-;;/m1../s1. The van der Waals surface area contributed by atoms with Crippen LogP contribution < -0.4 is 5.73 Å². The molecular formula is C14H24N4O3. The Morgan fingerprint density at radius 2 is 2.29 bits per heavy atom. The van der Waals surface area contributed by atoms with E-state index < -0.39 is 5.97 Å². The summed E-state index contributed by atoms with van der Waals surface area (Å²) in [6.45, 7) is 11.0. The van der Waals surface area contributed by atoms with Gasteiger partial charge in [0.2, 0.25) is 0 Å². The summed E-state index contributed by atoms with van der Waals surface area (Å²) in [5.41, 5.74) is 6.04. The third kappa shape index (κ3) is 5.44. The first kappa shape index (κ1) is 18.9. The number of esters is 1. The van der Waals surface area contributed by atoms with E-state index in [1.165, 1.54) is 0 Å². The number of ether oxygens (including phenoxy) is 2. The summed E-state index contributed by atoms with van der Waals surface area (Å²) in [6.07, 6.45) is 3.63. The molecule has 2 heterocycles. The lowest BCUT2D eigenvalue weighted by molar-refractivity contribution is 0.0516. The van der Waals surface area contributed by atoms with Crippen molar-refractivity contribution < 1.29 is 14.3 Å². The van der Waals surface area contributed by atoms with Gasteiger partial charge in [0, 0.05) is 19.4 Å². The van der Waals surface area contributed by atoms with E-state index in [0.29, 0.717) is 18.8 Å². The van der Waals surface area contributed by atoms with E-state index in [-0.39, 0.29) is 11.9 Å². The summed E-state index contributed by atoms with van der Waals surface area (Å²) >= 11 is 0. The summed E-state index contributed by atoms with van der Waals surface area (Å²) in [4.78, 5) is 11.6. The van der Waals surface area contributed by atoms with Crippen LogP contribution >= 0.6 is 0 Å². The molecule has 0 bridgehead atoms. The number of nitrogens with two attached hydrogens (primary N) is 1. The van der Waals surface area contributed by atoms with Crippen LogP contribution in [-0.2, 0) is 9.47 Å². The van der Waals surface area contributed by atoms with Gasteiger partial charge in [0.05, 0.1) is 19.3 Å². The fourth-order valence-corrected chi connectivity index (χ4v) is 1.89. The van der Waals surface area contributed by atoms with Crippen LogP contribution in [0.25, 0.3) is 0 Å². The zero-order valence-corrected chi connectivity index (χ0v) is 12.9. The van der Waals surface area contributed by atoms with Crippen LogP contribution in [0.15, 0.2) is 6.20 Å². The molecule has 118 valence electrons. The predicted octanol–water partition coefficient (Wildman–Crippen LogP) is 2.16. The molecule has 7 nitrogen and oxygen atoms in total. The molecule has 1 aliphatic rings. The zero-order valence-electron chi connectivity index (χ0n) is 12.9. The molecule has 1 aromatic heterocycles. The van der Waals surface area contributed by atoms with E-state index in [0.717, 1.165) is 19.4 Å². The van der Waals surface area contributed by atoms with Crippen LogP contribution in [0.5, 0.6) is 0 Å². The summed E-state index contributed by atoms with van der Waals surface area (Å²) in [5, 5.41) is 10.7. The van der Waals surface area contributed by atoms with E-state index >= 15 is 0 Å². The van der Waals surface area contributed by atoms with Gasteiger partial charge in [-0.15, -0.1) is 0 Å². The molecule has 2 rings (SSSR count). The van der Waals surface area contributed by atoms with Crippen LogP contribution in [0.3, 0.4) is 0 Å². The molecule has 0 unspecified atom stereocenters. The third-order valence-electron chi connectivity index (χ3n) is 2.77. The van der Waals surface area contributed by atoms with E-state index in [9.17, 15) is 4.79 Å². The van der Waals surface area contributed by atoms with E-state index in [2.05, 4.69) is 11.7 Å². The number of nitrogen functional groups attached to an aromatic ring is 1. The average Bonchev–Trinajstić information content (AvgIpc) is 2.94. The maximum absolute atomic E-state index is 11.6. The lowest BCUT2D eigenvalue weighted by Gasteiger charge is -2.22. The van der Waals surface area contributed by atoms with Crippen molar-refractivity contribution in [1.29, 1.82) is 5.26 Å². The Bertz CT molecular complexity index is 437. The number of rotatable bonds is 3. The van der Waals surface area contributed by atoms with Crippen molar-refractivity contribution in [3.8, 4) is 6.57 Å². The van der Waals surface area contributed by atoms with Crippen LogP contribution in [0.4, 0.5) is 5.82 Å². The average molecular weight is 296 g/mol. The topological polar surface area (TPSA) is 103 Å². The number of aromatic nitrogens is 2. The number of nitrogens with zero attached hydrogens (tertiary/aromatic N) is 3. The molecule has 0 radical (unpaired) electrons. The molecule has 1 saturated heterocycles. The molecule has 0 aliphatic carbocycles. The van der Waals surface area contributed by atoms with E-state index in [4.69, 9.17) is 20.5 Å². The number of carbonyl (C=O) groups excluding carboxylic acids is 1. The number of hydrogen-bond donors (Lipinski definition) is 1. The Balaban J connectivity index is 0.000000921. The highest BCUT2D eigenvalue weighted by atomic mass is 16.5. The van der Waals surface area contributed by atoms with Gasteiger partial charge in [-0.05, 0) is 19.8 Å². The fourth-order valence-electron chi connectivity index (χ4n) is 1.89. The monoisotopic (exact) mass is 296 g/mol. The predicted molar refractivity (Wildman–Crippen MR) is 79.7 cm³/mol. The minimum absolute atomic E-state index is 0.161. The van der Waals surface area contributed by atoms with E-state index in [1.54, 1.807) is 17.8 Å². The van der Waals surface area contributed by atoms with Crippen molar-refractivity contribution in [2.24, 2.45) is 0 Å². The number of carbonyl (C=O) groups is 1. The quantitative estimate of drug-likeness (QED) is 0.857. The lowest BCUT2D eigenvalue weighted by atomic mass is 10.1. The number of hydrogen-bond acceptors (Lipinski definition) is 6. The summed E-state index contributed by atoms with van der Waals surface area (Å²) in [7, 11) is 0. The van der Waals surface area contributed by atoms with Crippen molar-refractivity contribution in [2.45, 2.75) is 39.7 Å². The smallest absolute Gasteiger partial charge is 0.343 e. The summed E-state index contributed by atoms with van der Waals surface area (Å²) in [6, 6.07) is 0.161. The normalized spacial score (nSPS) is 16.7. The van der Waals surface area contributed by atoms with Crippen molar-refractivity contribution in [2.75, 3.05) is 25.6 Å². The first-order valence-corrected chi connectivity index (χ1v) is 7.07. The Hall–Kier alpha value is -2.07. The first-order valence-electron chi connectivity index (χ1n) is 7.07. The Morgan fingerprint density at radius 3 is 2.81 bits per heavy atom. The van der Waals surface area contributed by atoms with Gasteiger partial charge in [-0.2, -0.15) is 5.10 Å². The second kappa shape index (κ2) is 10.7. The van der Waals surface area contributed by atoms with Gasteiger partial charge in [0.1, 0.15) is 5.56 Å². The highest BCUT2D eigenvalue weighted by Crippen LogP contribution is 2.21. The maximum atomic E-state index is 11.6. The molecule has 7 heteroatoms. The molecule has 1 fully saturated rings. The van der Waals surface area contributed by atoms with Gasteiger partial charge in [0.15, 0.2) is 5.82 Å². The molecule has 0 saturated carbocycles. The van der Waals surface area contributed by atoms with E-state index in [1.807, 2.05) is 13.8 Å². The highest BCUT2D eigenvalue weighted by molar-refractivity contribution is 5.93. The van der Waals surface area contributed by atoms with Crippen molar-refractivity contribution in [1.82, 2.24) is 9.78 Å². The molecule has 0 spiro atoms. The maximum Gasteiger partial charge on any atom is 0.343 e. The van der Waals surface area contributed by atoms with Crippen LogP contribution in [0.2, 0.25) is 0 Å². The molecule has 2 N–H and O–H groups in total. The molecule has 0 amide bonds. The Labute approximate surface area is 125 Å². The van der Waals surface area contributed by atoms with Crippen molar-refractivity contribution >= 4 is 11.8 Å². The number of nitriles is 1. The highest BCUT2D eigenvalue weighted by Gasteiger charge is 2.21. The summed E-state index contributed by atoms with van der Waals surface area (Å²) in [5.74, 6) is -0.206.